The van der Waals surface area contributed by atoms with Crippen LogP contribution in [0.4, 0.5) is 5.69 Å². The molecule has 2 aromatic carbocycles. The number of benzene rings is 2. The number of rotatable bonds is 8. The fraction of sp³-hybridized carbons (Fsp3) is 0.154. The molecule has 194 valence electrons. The lowest BCUT2D eigenvalue weighted by Crippen LogP contribution is -2.22. The van der Waals surface area contributed by atoms with E-state index in [0.29, 0.717) is 29.6 Å². The van der Waals surface area contributed by atoms with Crippen molar-refractivity contribution in [1.29, 1.82) is 0 Å². The summed E-state index contributed by atoms with van der Waals surface area (Å²) >= 11 is 1.39. The van der Waals surface area contributed by atoms with Crippen LogP contribution in [-0.4, -0.2) is 43.4 Å². The average Bonchev–Trinajstić information content (AvgIpc) is 3.38. The number of pyridine rings is 1. The standard InChI is InChI=1S/C26H23N5O5S2/c27-10-3-11-36-17-7-8-20(28-13-17)26-30-15-18(37-26)14-29-24(32)16-6-9-23-21(12-16)31-25(33)19-4-1-2-5-22(19)38(23,34)35/h1-2,4-9,12-13,15H,3,10-11,14,27H2,(H,29,32)(H,31,33). The molecular weight excluding hydrogens is 526 g/mol. The van der Waals surface area contributed by atoms with Crippen LogP contribution in [0.15, 0.2) is 76.8 Å². The van der Waals surface area contributed by atoms with Crippen LogP contribution in [0.5, 0.6) is 5.75 Å². The van der Waals surface area contributed by atoms with Gasteiger partial charge >= 0.3 is 0 Å². The van der Waals surface area contributed by atoms with Gasteiger partial charge in [0.15, 0.2) is 0 Å². The molecule has 38 heavy (non-hydrogen) atoms. The normalized spacial score (nSPS) is 13.6. The van der Waals surface area contributed by atoms with Gasteiger partial charge in [-0.1, -0.05) is 12.1 Å². The smallest absolute Gasteiger partial charge is 0.257 e. The number of anilines is 1. The Balaban J connectivity index is 1.27. The molecule has 12 heteroatoms. The number of nitrogens with zero attached hydrogens (tertiary/aromatic N) is 2. The Labute approximate surface area is 222 Å². The molecule has 0 atom stereocenters. The number of hydrogen-bond donors (Lipinski definition) is 3. The summed E-state index contributed by atoms with van der Waals surface area (Å²) < 4.78 is 31.8. The van der Waals surface area contributed by atoms with Gasteiger partial charge in [0.25, 0.3) is 11.8 Å². The second-order valence-corrected chi connectivity index (χ2v) is 11.4. The first-order valence-corrected chi connectivity index (χ1v) is 14.0. The molecule has 0 fully saturated rings. The number of amides is 2. The summed E-state index contributed by atoms with van der Waals surface area (Å²) in [6.45, 7) is 1.30. The molecule has 2 aromatic heterocycles. The van der Waals surface area contributed by atoms with E-state index in [9.17, 15) is 18.0 Å². The zero-order valence-corrected chi connectivity index (χ0v) is 21.6. The van der Waals surface area contributed by atoms with Crippen molar-refractivity contribution in [2.45, 2.75) is 22.8 Å². The summed E-state index contributed by atoms with van der Waals surface area (Å²) in [6.07, 6.45) is 4.05. The summed E-state index contributed by atoms with van der Waals surface area (Å²) in [5.41, 5.74) is 6.47. The van der Waals surface area contributed by atoms with Gasteiger partial charge in [0.05, 0.1) is 46.1 Å². The summed E-state index contributed by atoms with van der Waals surface area (Å²) in [5.74, 6) is -0.324. The average molecular weight is 550 g/mol. The third kappa shape index (κ3) is 5.14. The number of hydrogen-bond acceptors (Lipinski definition) is 9. The molecular formula is C26H23N5O5S2. The van der Waals surface area contributed by atoms with Crippen LogP contribution in [0.2, 0.25) is 0 Å². The third-order valence-corrected chi connectivity index (χ3v) is 8.64. The summed E-state index contributed by atoms with van der Waals surface area (Å²) in [7, 11) is -3.94. The van der Waals surface area contributed by atoms with Gasteiger partial charge in [-0.15, -0.1) is 11.3 Å². The van der Waals surface area contributed by atoms with E-state index in [1.807, 2.05) is 12.1 Å². The van der Waals surface area contributed by atoms with Gasteiger partial charge in [-0.05, 0) is 55.4 Å². The molecule has 0 spiro atoms. The summed E-state index contributed by atoms with van der Waals surface area (Å²) in [6, 6.07) is 13.8. The van der Waals surface area contributed by atoms with Gasteiger partial charge in [-0.25, -0.2) is 18.4 Å². The minimum atomic E-state index is -3.94. The quantitative estimate of drug-likeness (QED) is 0.283. The highest BCUT2D eigenvalue weighted by Gasteiger charge is 2.31. The van der Waals surface area contributed by atoms with E-state index in [-0.39, 0.29) is 33.2 Å². The molecule has 0 aliphatic carbocycles. The summed E-state index contributed by atoms with van der Waals surface area (Å²) in [4.78, 5) is 34.9. The van der Waals surface area contributed by atoms with E-state index in [1.54, 1.807) is 24.5 Å². The second-order valence-electron chi connectivity index (χ2n) is 8.35. The first kappa shape index (κ1) is 25.5. The number of thiazole rings is 1. The number of carbonyl (C=O) groups excluding carboxylic acids is 2. The Morgan fingerprint density at radius 2 is 1.89 bits per heavy atom. The Morgan fingerprint density at radius 3 is 2.68 bits per heavy atom. The molecule has 0 saturated heterocycles. The number of ether oxygens (including phenoxy) is 1. The van der Waals surface area contributed by atoms with Crippen LogP contribution < -0.4 is 21.1 Å². The predicted octanol–water partition coefficient (Wildman–Crippen LogP) is 3.26. The number of carbonyl (C=O) groups is 2. The molecule has 10 nitrogen and oxygen atoms in total. The Kier molecular flexibility index (Phi) is 7.18. The molecule has 4 aromatic rings. The zero-order chi connectivity index (χ0) is 26.7. The maximum atomic E-state index is 13.1. The van der Waals surface area contributed by atoms with Crippen molar-refractivity contribution in [2.75, 3.05) is 18.5 Å². The highest BCUT2D eigenvalue weighted by molar-refractivity contribution is 7.91. The fourth-order valence-corrected chi connectivity index (χ4v) is 6.26. The maximum absolute atomic E-state index is 13.1. The number of nitrogens with one attached hydrogen (secondary N) is 2. The van der Waals surface area contributed by atoms with Crippen molar-refractivity contribution >= 4 is 38.7 Å². The van der Waals surface area contributed by atoms with E-state index in [2.05, 4.69) is 20.6 Å². The SMILES string of the molecule is NCCCOc1ccc(-c2ncc(CNC(=O)c3ccc4c(c3)NC(=O)c3ccccc3S4(=O)=O)s2)nc1. The van der Waals surface area contributed by atoms with Gasteiger partial charge in [0.2, 0.25) is 9.84 Å². The van der Waals surface area contributed by atoms with Gasteiger partial charge in [0.1, 0.15) is 10.8 Å². The summed E-state index contributed by atoms with van der Waals surface area (Å²) in [5, 5.41) is 6.12. The third-order valence-electron chi connectivity index (χ3n) is 5.75. The van der Waals surface area contributed by atoms with Crippen molar-refractivity contribution in [1.82, 2.24) is 15.3 Å². The Morgan fingerprint density at radius 1 is 1.05 bits per heavy atom. The molecule has 0 radical (unpaired) electrons. The first-order valence-electron chi connectivity index (χ1n) is 11.7. The van der Waals surface area contributed by atoms with E-state index < -0.39 is 21.7 Å². The van der Waals surface area contributed by atoms with E-state index in [0.717, 1.165) is 11.3 Å². The van der Waals surface area contributed by atoms with Crippen LogP contribution in [0.3, 0.4) is 0 Å². The van der Waals surface area contributed by atoms with Crippen molar-refractivity contribution in [3.8, 4) is 16.5 Å². The Bertz CT molecular complexity index is 1620. The van der Waals surface area contributed by atoms with E-state index in [1.165, 1.54) is 41.7 Å². The topological polar surface area (TPSA) is 153 Å². The lowest BCUT2D eigenvalue weighted by atomic mass is 10.1. The molecule has 1 aliphatic heterocycles. The number of sulfone groups is 1. The van der Waals surface area contributed by atoms with E-state index in [4.69, 9.17) is 10.5 Å². The van der Waals surface area contributed by atoms with Gasteiger partial charge < -0.3 is 21.1 Å². The first-order chi connectivity index (χ1) is 18.4. The predicted molar refractivity (Wildman–Crippen MR) is 142 cm³/mol. The molecule has 2 amide bonds. The van der Waals surface area contributed by atoms with Crippen LogP contribution in [0.1, 0.15) is 32.0 Å². The molecule has 1 aliphatic rings. The van der Waals surface area contributed by atoms with Crippen LogP contribution in [0, 0.1) is 0 Å². The number of aromatic nitrogens is 2. The molecule has 5 rings (SSSR count). The number of fused-ring (bicyclic) bond motifs is 2. The molecule has 3 heterocycles. The maximum Gasteiger partial charge on any atom is 0.257 e. The van der Waals surface area contributed by atoms with Gasteiger partial charge in [-0.2, -0.15) is 0 Å². The van der Waals surface area contributed by atoms with Crippen molar-refractivity contribution in [3.05, 3.63) is 83.0 Å². The minimum Gasteiger partial charge on any atom is -0.492 e. The van der Waals surface area contributed by atoms with Crippen molar-refractivity contribution in [2.24, 2.45) is 5.73 Å². The highest BCUT2D eigenvalue weighted by Crippen LogP contribution is 2.34. The zero-order valence-electron chi connectivity index (χ0n) is 20.0. The fourth-order valence-electron chi connectivity index (χ4n) is 3.84. The van der Waals surface area contributed by atoms with Crippen molar-refractivity contribution in [3.63, 3.8) is 0 Å². The number of nitrogens with two attached hydrogens (primary N) is 1. The van der Waals surface area contributed by atoms with Crippen LogP contribution in [-0.2, 0) is 16.4 Å². The lowest BCUT2D eigenvalue weighted by molar-refractivity contribution is 0.0949. The molecule has 4 N–H and O–H groups in total. The van der Waals surface area contributed by atoms with Crippen LogP contribution in [0.25, 0.3) is 10.7 Å². The van der Waals surface area contributed by atoms with Gasteiger partial charge in [-0.3, -0.25) is 9.59 Å². The van der Waals surface area contributed by atoms with Crippen LogP contribution >= 0.6 is 11.3 Å². The van der Waals surface area contributed by atoms with Crippen molar-refractivity contribution < 1.29 is 22.7 Å². The van der Waals surface area contributed by atoms with E-state index >= 15 is 0 Å². The molecule has 0 bridgehead atoms. The highest BCUT2D eigenvalue weighted by atomic mass is 32.2. The molecule has 0 unspecified atom stereocenters. The minimum absolute atomic E-state index is 0.0546. The largest absolute Gasteiger partial charge is 0.492 e. The lowest BCUT2D eigenvalue weighted by Gasteiger charge is -2.10. The second kappa shape index (κ2) is 10.7. The monoisotopic (exact) mass is 549 g/mol. The van der Waals surface area contributed by atoms with Gasteiger partial charge in [0, 0.05) is 16.6 Å². The Hall–Kier alpha value is -4.13. The molecule has 0 saturated carbocycles.